The number of thiazole rings is 1. The largest absolute Gasteiger partial charge is 0.497 e. The predicted octanol–water partition coefficient (Wildman–Crippen LogP) is 5.02. The standard InChI is InChI=1S/C17H24N4O2S2.C8H9NO2/c1-12-16(13-7-9-14(23-2)10-8-13)21-17(24-12)20-15(22)6-4-3-5-11-19-25-18;9-8(10)11-6-7-4-2-1-3-5-7/h7-10,19H,3-6,11,18H2,1-2H3,(H,20,21,22);1-5H,6H2,(H2,9,10). The Hall–Kier alpha value is -3.12. The molecule has 1 aromatic heterocycles. The number of nitrogens with one attached hydrogen (secondary N) is 2. The molecular formula is C25H33N5O4S2. The molecule has 2 amide bonds. The summed E-state index contributed by atoms with van der Waals surface area (Å²) in [7, 11) is 1.64. The molecule has 3 rings (SSSR count). The van der Waals surface area contributed by atoms with Crippen LogP contribution in [0.2, 0.25) is 0 Å². The summed E-state index contributed by atoms with van der Waals surface area (Å²) in [6.45, 7) is 3.12. The lowest BCUT2D eigenvalue weighted by Crippen LogP contribution is -2.12. The maximum Gasteiger partial charge on any atom is 0.404 e. The van der Waals surface area contributed by atoms with Gasteiger partial charge in [-0.1, -0.05) is 36.8 Å². The van der Waals surface area contributed by atoms with E-state index in [4.69, 9.17) is 15.6 Å². The van der Waals surface area contributed by atoms with Crippen LogP contribution in [-0.4, -0.2) is 30.6 Å². The maximum atomic E-state index is 12.0. The van der Waals surface area contributed by atoms with Crippen LogP contribution in [0.25, 0.3) is 11.3 Å². The van der Waals surface area contributed by atoms with Crippen LogP contribution in [0.1, 0.15) is 36.1 Å². The Morgan fingerprint density at radius 1 is 1.06 bits per heavy atom. The van der Waals surface area contributed by atoms with Crippen molar-refractivity contribution in [2.45, 2.75) is 39.2 Å². The Kier molecular flexibility index (Phi) is 13.4. The van der Waals surface area contributed by atoms with Gasteiger partial charge < -0.3 is 20.5 Å². The van der Waals surface area contributed by atoms with E-state index in [1.807, 2.05) is 61.5 Å². The summed E-state index contributed by atoms with van der Waals surface area (Å²) in [5, 5.41) is 8.83. The highest BCUT2D eigenvalue weighted by Crippen LogP contribution is 2.31. The number of benzene rings is 2. The van der Waals surface area contributed by atoms with E-state index in [1.54, 1.807) is 7.11 Å². The summed E-state index contributed by atoms with van der Waals surface area (Å²) in [5.41, 5.74) is 7.63. The van der Waals surface area contributed by atoms with Crippen LogP contribution in [0, 0.1) is 6.92 Å². The number of anilines is 1. The fraction of sp³-hybridized carbons (Fsp3) is 0.320. The van der Waals surface area contributed by atoms with Gasteiger partial charge in [0.1, 0.15) is 12.4 Å². The molecule has 0 bridgehead atoms. The number of carbonyl (C=O) groups excluding carboxylic acids is 2. The van der Waals surface area contributed by atoms with E-state index in [9.17, 15) is 9.59 Å². The number of unbranched alkanes of at least 4 members (excludes halogenated alkanes) is 2. The van der Waals surface area contributed by atoms with E-state index in [-0.39, 0.29) is 12.5 Å². The molecule has 0 unspecified atom stereocenters. The molecule has 6 N–H and O–H groups in total. The lowest BCUT2D eigenvalue weighted by Gasteiger charge is -2.03. The molecule has 0 radical (unpaired) electrons. The van der Waals surface area contributed by atoms with E-state index >= 15 is 0 Å². The van der Waals surface area contributed by atoms with Crippen molar-refractivity contribution in [3.63, 3.8) is 0 Å². The smallest absolute Gasteiger partial charge is 0.404 e. The first-order valence-electron chi connectivity index (χ1n) is 11.4. The fourth-order valence-corrected chi connectivity index (χ4v) is 4.21. The Labute approximate surface area is 220 Å². The van der Waals surface area contributed by atoms with Crippen molar-refractivity contribution in [3.05, 3.63) is 65.0 Å². The number of aryl methyl sites for hydroxylation is 1. The SMILES string of the molecule is COc1ccc(-c2nc(NC(=O)CCCCCNSN)sc2C)cc1.NC(=O)OCc1ccccc1. The van der Waals surface area contributed by atoms with Gasteiger partial charge in [0.25, 0.3) is 0 Å². The van der Waals surface area contributed by atoms with Crippen molar-refractivity contribution in [2.75, 3.05) is 19.0 Å². The van der Waals surface area contributed by atoms with Gasteiger partial charge in [-0.25, -0.2) is 9.78 Å². The Morgan fingerprint density at radius 2 is 1.78 bits per heavy atom. The summed E-state index contributed by atoms with van der Waals surface area (Å²) >= 11 is 2.63. The highest BCUT2D eigenvalue weighted by atomic mass is 32.2. The molecule has 194 valence electrons. The monoisotopic (exact) mass is 531 g/mol. The van der Waals surface area contributed by atoms with Crippen molar-refractivity contribution in [3.8, 4) is 17.0 Å². The van der Waals surface area contributed by atoms with Gasteiger partial charge in [-0.3, -0.25) is 14.7 Å². The van der Waals surface area contributed by atoms with Crippen molar-refractivity contribution in [1.29, 1.82) is 0 Å². The van der Waals surface area contributed by atoms with Crippen LogP contribution in [0.5, 0.6) is 5.75 Å². The first kappa shape index (κ1) is 29.1. The first-order chi connectivity index (χ1) is 17.4. The summed E-state index contributed by atoms with van der Waals surface area (Å²) in [5.74, 6) is 0.821. The summed E-state index contributed by atoms with van der Waals surface area (Å²) < 4.78 is 12.7. The highest BCUT2D eigenvalue weighted by molar-refractivity contribution is 7.95. The molecule has 36 heavy (non-hydrogen) atoms. The molecule has 11 heteroatoms. The minimum Gasteiger partial charge on any atom is -0.497 e. The molecule has 0 spiro atoms. The molecule has 0 saturated heterocycles. The van der Waals surface area contributed by atoms with Crippen LogP contribution < -0.4 is 25.6 Å². The van der Waals surface area contributed by atoms with Crippen LogP contribution in [0.15, 0.2) is 54.6 Å². The second-order valence-electron chi connectivity index (χ2n) is 7.62. The van der Waals surface area contributed by atoms with E-state index in [0.29, 0.717) is 11.6 Å². The molecule has 0 atom stereocenters. The molecule has 0 aliphatic carbocycles. The number of hydrogen-bond acceptors (Lipinski definition) is 9. The first-order valence-corrected chi connectivity index (χ1v) is 13.1. The molecule has 0 fully saturated rings. The fourth-order valence-electron chi connectivity index (χ4n) is 3.10. The zero-order valence-corrected chi connectivity index (χ0v) is 22.1. The van der Waals surface area contributed by atoms with Gasteiger partial charge in [0.05, 0.1) is 12.8 Å². The van der Waals surface area contributed by atoms with Crippen LogP contribution in [0.3, 0.4) is 0 Å². The Balaban J connectivity index is 0.000000346. The number of ether oxygens (including phenoxy) is 2. The molecular weight excluding hydrogens is 498 g/mol. The molecule has 3 aromatic rings. The quantitative estimate of drug-likeness (QED) is 0.189. The number of amides is 2. The maximum absolute atomic E-state index is 12.0. The van der Waals surface area contributed by atoms with Gasteiger partial charge in [0, 0.05) is 35.5 Å². The molecule has 9 nitrogen and oxygen atoms in total. The number of primary amides is 1. The zero-order valence-electron chi connectivity index (χ0n) is 20.5. The second-order valence-corrected chi connectivity index (χ2v) is 9.34. The molecule has 1 heterocycles. The van der Waals surface area contributed by atoms with Gasteiger partial charge in [-0.2, -0.15) is 0 Å². The minimum absolute atomic E-state index is 0.0104. The van der Waals surface area contributed by atoms with E-state index < -0.39 is 6.09 Å². The molecule has 0 aliphatic rings. The topological polar surface area (TPSA) is 142 Å². The van der Waals surface area contributed by atoms with Crippen molar-refractivity contribution >= 4 is 40.6 Å². The van der Waals surface area contributed by atoms with E-state index in [1.165, 1.54) is 11.3 Å². The zero-order chi connectivity index (χ0) is 26.2. The van der Waals surface area contributed by atoms with Gasteiger partial charge in [0.15, 0.2) is 5.13 Å². The highest BCUT2D eigenvalue weighted by Gasteiger charge is 2.12. The third-order valence-electron chi connectivity index (χ3n) is 4.90. The van der Waals surface area contributed by atoms with Gasteiger partial charge in [-0.15, -0.1) is 11.3 Å². The summed E-state index contributed by atoms with van der Waals surface area (Å²) in [6, 6.07) is 17.1. The van der Waals surface area contributed by atoms with Crippen molar-refractivity contribution in [2.24, 2.45) is 10.9 Å². The lowest BCUT2D eigenvalue weighted by molar-refractivity contribution is -0.116. The number of nitrogens with zero attached hydrogens (tertiary/aromatic N) is 1. The number of rotatable bonds is 12. The number of nitrogens with two attached hydrogens (primary N) is 2. The summed E-state index contributed by atoms with van der Waals surface area (Å²) in [4.78, 5) is 27.9. The third-order valence-corrected chi connectivity index (χ3v) is 6.15. The Morgan fingerprint density at radius 3 is 2.42 bits per heavy atom. The van der Waals surface area contributed by atoms with Crippen LogP contribution in [-0.2, 0) is 16.1 Å². The molecule has 2 aromatic carbocycles. The van der Waals surface area contributed by atoms with Crippen LogP contribution >= 0.6 is 23.5 Å². The van der Waals surface area contributed by atoms with E-state index in [0.717, 1.165) is 65.4 Å². The number of carbonyl (C=O) groups is 2. The lowest BCUT2D eigenvalue weighted by atomic mass is 10.1. The van der Waals surface area contributed by atoms with E-state index in [2.05, 4.69) is 19.8 Å². The van der Waals surface area contributed by atoms with Gasteiger partial charge in [0.2, 0.25) is 5.91 Å². The normalized spacial score (nSPS) is 10.2. The average molecular weight is 532 g/mol. The van der Waals surface area contributed by atoms with Crippen molar-refractivity contribution < 1.29 is 19.1 Å². The number of methoxy groups -OCH3 is 1. The van der Waals surface area contributed by atoms with Crippen molar-refractivity contribution in [1.82, 2.24) is 9.71 Å². The Bertz CT molecular complexity index is 1060. The number of hydrogen-bond donors (Lipinski definition) is 4. The van der Waals surface area contributed by atoms with Crippen LogP contribution in [0.4, 0.5) is 9.93 Å². The molecule has 0 saturated carbocycles. The predicted molar refractivity (Wildman–Crippen MR) is 147 cm³/mol. The summed E-state index contributed by atoms with van der Waals surface area (Å²) in [6.07, 6.45) is 2.63. The minimum atomic E-state index is -0.742. The van der Waals surface area contributed by atoms with Gasteiger partial charge in [-0.05, 0) is 49.6 Å². The number of aromatic nitrogens is 1. The van der Waals surface area contributed by atoms with Gasteiger partial charge >= 0.3 is 6.09 Å². The second kappa shape index (κ2) is 16.5. The average Bonchev–Trinajstić information content (AvgIpc) is 3.25. The third kappa shape index (κ3) is 11.1. The molecule has 0 aliphatic heterocycles.